The average molecular weight is 300 g/mol. The maximum atomic E-state index is 11.8. The highest BCUT2D eigenvalue weighted by Gasteiger charge is 2.54. The van der Waals surface area contributed by atoms with Gasteiger partial charge in [0, 0.05) is 6.20 Å². The van der Waals surface area contributed by atoms with E-state index in [2.05, 4.69) is 15.0 Å². The second-order valence-corrected chi connectivity index (χ2v) is 4.52. The molecule has 1 fully saturated rings. The van der Waals surface area contributed by atoms with Crippen LogP contribution in [0.4, 0.5) is 5.82 Å². The van der Waals surface area contributed by atoms with Gasteiger partial charge in [-0.1, -0.05) is 5.16 Å². The Kier molecular flexibility index (Phi) is 4.23. The first-order valence-corrected chi connectivity index (χ1v) is 6.02. The van der Waals surface area contributed by atoms with Crippen LogP contribution >= 0.6 is 0 Å². The first-order chi connectivity index (χ1) is 9.95. The van der Waals surface area contributed by atoms with Gasteiger partial charge in [-0.3, -0.25) is 4.57 Å². The number of anilines is 1. The standard InChI is InChI=1S/C11H16N4O6/c1-20-13-4-11(5-16)8(18)7(17)9(21-11)15-3-2-6(12)14-10(15)19/h2-4,7-9,16-18H,5H2,1H3,(H2,12,14,19)/b13-4+/t7-,8+,9-,11-/m1/s1. The molecule has 0 unspecified atom stereocenters. The van der Waals surface area contributed by atoms with Crippen LogP contribution in [0.1, 0.15) is 6.23 Å². The molecule has 1 aliphatic rings. The van der Waals surface area contributed by atoms with Crippen LogP contribution in [0, 0.1) is 0 Å². The smallest absolute Gasteiger partial charge is 0.351 e. The Labute approximate surface area is 119 Å². The molecule has 1 aromatic rings. The van der Waals surface area contributed by atoms with Gasteiger partial charge in [-0.25, -0.2) is 4.79 Å². The minimum Gasteiger partial charge on any atom is -0.399 e. The van der Waals surface area contributed by atoms with Crippen molar-refractivity contribution in [2.75, 3.05) is 19.5 Å². The average Bonchev–Trinajstić information content (AvgIpc) is 2.71. The number of nitrogen functional groups attached to an aromatic ring is 1. The molecular formula is C11H16N4O6. The van der Waals surface area contributed by atoms with Gasteiger partial charge in [0.05, 0.1) is 12.8 Å². The Morgan fingerprint density at radius 1 is 1.67 bits per heavy atom. The van der Waals surface area contributed by atoms with Crippen LogP contribution in [0.25, 0.3) is 0 Å². The Morgan fingerprint density at radius 3 is 2.95 bits per heavy atom. The third-order valence-corrected chi connectivity index (χ3v) is 3.21. The van der Waals surface area contributed by atoms with Crippen molar-refractivity contribution in [2.24, 2.45) is 5.16 Å². The largest absolute Gasteiger partial charge is 0.399 e. The molecule has 1 aliphatic heterocycles. The highest BCUT2D eigenvalue weighted by molar-refractivity contribution is 5.70. The predicted molar refractivity (Wildman–Crippen MR) is 70.4 cm³/mol. The molecule has 0 saturated carbocycles. The summed E-state index contributed by atoms with van der Waals surface area (Å²) < 4.78 is 6.40. The minimum absolute atomic E-state index is 0.0126. The molecule has 5 N–H and O–H groups in total. The van der Waals surface area contributed by atoms with Gasteiger partial charge >= 0.3 is 5.69 Å². The fourth-order valence-electron chi connectivity index (χ4n) is 2.07. The van der Waals surface area contributed by atoms with Gasteiger partial charge < -0.3 is 30.6 Å². The maximum Gasteiger partial charge on any atom is 0.351 e. The molecule has 1 saturated heterocycles. The predicted octanol–water partition coefficient (Wildman–Crippen LogP) is -2.56. The summed E-state index contributed by atoms with van der Waals surface area (Å²) in [6.07, 6.45) is -1.96. The van der Waals surface area contributed by atoms with Crippen LogP contribution in [0.3, 0.4) is 0 Å². The highest BCUT2D eigenvalue weighted by atomic mass is 16.6. The van der Waals surface area contributed by atoms with Gasteiger partial charge in [-0.15, -0.1) is 0 Å². The van der Waals surface area contributed by atoms with E-state index in [1.165, 1.54) is 19.4 Å². The maximum absolute atomic E-state index is 11.8. The zero-order chi connectivity index (χ0) is 15.6. The van der Waals surface area contributed by atoms with E-state index in [0.29, 0.717) is 0 Å². The number of aliphatic hydroxyl groups excluding tert-OH is 3. The van der Waals surface area contributed by atoms with Crippen LogP contribution in [-0.2, 0) is 9.57 Å². The molecule has 0 spiro atoms. The summed E-state index contributed by atoms with van der Waals surface area (Å²) in [5.74, 6) is 0.0126. The van der Waals surface area contributed by atoms with E-state index in [-0.39, 0.29) is 5.82 Å². The van der Waals surface area contributed by atoms with E-state index in [0.717, 1.165) is 10.8 Å². The van der Waals surface area contributed by atoms with Gasteiger partial charge in [0.25, 0.3) is 0 Å². The summed E-state index contributed by atoms with van der Waals surface area (Å²) in [6.45, 7) is -0.675. The van der Waals surface area contributed by atoms with Gasteiger partial charge in [0.15, 0.2) is 11.8 Å². The van der Waals surface area contributed by atoms with E-state index in [9.17, 15) is 20.1 Å². The van der Waals surface area contributed by atoms with E-state index in [1.807, 2.05) is 0 Å². The van der Waals surface area contributed by atoms with Crippen molar-refractivity contribution in [2.45, 2.75) is 24.0 Å². The number of nitrogens with zero attached hydrogens (tertiary/aromatic N) is 3. The van der Waals surface area contributed by atoms with Crippen molar-refractivity contribution in [3.63, 3.8) is 0 Å². The summed E-state index contributed by atoms with van der Waals surface area (Å²) >= 11 is 0. The topological polar surface area (TPSA) is 152 Å². The Bertz CT molecular complexity index is 590. The number of rotatable bonds is 4. The van der Waals surface area contributed by atoms with E-state index < -0.39 is 36.3 Å². The van der Waals surface area contributed by atoms with Crippen molar-refractivity contribution in [3.8, 4) is 0 Å². The van der Waals surface area contributed by atoms with Crippen LogP contribution in [-0.4, -0.2) is 62.6 Å². The molecule has 2 heterocycles. The van der Waals surface area contributed by atoms with E-state index in [4.69, 9.17) is 10.5 Å². The molecule has 10 heteroatoms. The molecule has 2 rings (SSSR count). The first-order valence-electron chi connectivity index (χ1n) is 6.02. The van der Waals surface area contributed by atoms with Crippen LogP contribution in [0.5, 0.6) is 0 Å². The molecule has 0 aliphatic carbocycles. The molecule has 116 valence electrons. The molecule has 10 nitrogen and oxygen atoms in total. The van der Waals surface area contributed by atoms with Gasteiger partial charge in [-0.05, 0) is 6.07 Å². The quantitative estimate of drug-likeness (QED) is 0.350. The van der Waals surface area contributed by atoms with Crippen LogP contribution < -0.4 is 11.4 Å². The van der Waals surface area contributed by atoms with E-state index in [1.54, 1.807) is 0 Å². The monoisotopic (exact) mass is 300 g/mol. The fraction of sp³-hybridized carbons (Fsp3) is 0.545. The molecular weight excluding hydrogens is 284 g/mol. The molecule has 4 atom stereocenters. The lowest BCUT2D eigenvalue weighted by Crippen LogP contribution is -2.47. The van der Waals surface area contributed by atoms with Gasteiger partial charge in [0.1, 0.15) is 25.1 Å². The number of ether oxygens (including phenoxy) is 1. The minimum atomic E-state index is -1.69. The zero-order valence-corrected chi connectivity index (χ0v) is 11.2. The SMILES string of the molecule is CO/N=C/[C@]1(CO)O[C@@H](n2ccc(N)nc2=O)[C@H](O)[C@@H]1O. The fourth-order valence-corrected chi connectivity index (χ4v) is 2.07. The van der Waals surface area contributed by atoms with Crippen LogP contribution in [0.2, 0.25) is 0 Å². The number of oxime groups is 1. The number of hydrogen-bond donors (Lipinski definition) is 4. The lowest BCUT2D eigenvalue weighted by Gasteiger charge is -2.24. The third kappa shape index (κ3) is 2.61. The van der Waals surface area contributed by atoms with E-state index >= 15 is 0 Å². The Balaban J connectivity index is 2.39. The van der Waals surface area contributed by atoms with Crippen molar-refractivity contribution in [1.29, 1.82) is 0 Å². The molecule has 0 aromatic carbocycles. The van der Waals surface area contributed by atoms with Gasteiger partial charge in [-0.2, -0.15) is 4.98 Å². The summed E-state index contributed by atoms with van der Waals surface area (Å²) in [7, 11) is 1.27. The molecule has 21 heavy (non-hydrogen) atoms. The number of aromatic nitrogens is 2. The molecule has 0 radical (unpaired) electrons. The summed E-state index contributed by atoms with van der Waals surface area (Å²) in [6, 6.07) is 1.34. The van der Waals surface area contributed by atoms with Gasteiger partial charge in [0.2, 0.25) is 0 Å². The third-order valence-electron chi connectivity index (χ3n) is 3.21. The summed E-state index contributed by atoms with van der Waals surface area (Å²) in [5.41, 5.74) is 2.92. The Hall–Kier alpha value is -2.01. The molecule has 0 amide bonds. The first kappa shape index (κ1) is 15.4. The van der Waals surface area contributed by atoms with Crippen LogP contribution in [0.15, 0.2) is 22.2 Å². The summed E-state index contributed by atoms with van der Waals surface area (Å²) in [5, 5.41) is 33.0. The lowest BCUT2D eigenvalue weighted by molar-refractivity contribution is -0.0859. The summed E-state index contributed by atoms with van der Waals surface area (Å²) in [4.78, 5) is 19.8. The van der Waals surface area contributed by atoms with Crippen molar-refractivity contribution >= 4 is 12.0 Å². The second-order valence-electron chi connectivity index (χ2n) is 4.52. The highest BCUT2D eigenvalue weighted by Crippen LogP contribution is 2.35. The van der Waals surface area contributed by atoms with Crippen molar-refractivity contribution in [3.05, 3.63) is 22.7 Å². The van der Waals surface area contributed by atoms with Crippen molar-refractivity contribution < 1.29 is 24.9 Å². The Morgan fingerprint density at radius 2 is 2.38 bits per heavy atom. The zero-order valence-electron chi connectivity index (χ0n) is 11.2. The number of hydrogen-bond acceptors (Lipinski definition) is 9. The lowest BCUT2D eigenvalue weighted by atomic mass is 9.97. The second kappa shape index (κ2) is 5.77. The normalized spacial score (nSPS) is 32.7. The molecule has 1 aromatic heterocycles. The number of aliphatic hydroxyl groups is 3. The number of nitrogens with two attached hydrogens (primary N) is 1. The van der Waals surface area contributed by atoms with Crippen molar-refractivity contribution in [1.82, 2.24) is 9.55 Å². The molecule has 0 bridgehead atoms.